The number of aromatic nitrogens is 1. The zero-order valence-electron chi connectivity index (χ0n) is 11.4. The molecule has 4 heteroatoms. The quantitative estimate of drug-likeness (QED) is 0.897. The van der Waals surface area contributed by atoms with E-state index >= 15 is 0 Å². The molecule has 1 aromatic carbocycles. The van der Waals surface area contributed by atoms with E-state index in [9.17, 15) is 0 Å². The van der Waals surface area contributed by atoms with E-state index in [-0.39, 0.29) is 5.41 Å². The molecule has 0 saturated carbocycles. The number of thiazole rings is 1. The van der Waals surface area contributed by atoms with Crippen LogP contribution >= 0.6 is 22.9 Å². The first-order chi connectivity index (χ1) is 9.07. The minimum absolute atomic E-state index is 0.129. The molecule has 0 bridgehead atoms. The zero-order valence-corrected chi connectivity index (χ0v) is 12.9. The largest absolute Gasteiger partial charge is 0.316 e. The maximum Gasteiger partial charge on any atom is 0.0998 e. The second kappa shape index (κ2) is 5.04. The summed E-state index contributed by atoms with van der Waals surface area (Å²) in [7, 11) is 0. The van der Waals surface area contributed by atoms with Gasteiger partial charge in [0.15, 0.2) is 0 Å². The van der Waals surface area contributed by atoms with Crippen LogP contribution in [0.3, 0.4) is 0 Å². The Balaban J connectivity index is 1.97. The molecule has 0 amide bonds. The number of halogens is 1. The standard InChI is InChI=1S/C15H19ClN2S/c1-15(2,10-4-3-7-17-9-10)14-18-12-8-11(16)5-6-13(12)19-14/h5-6,8,10,17H,3-4,7,9H2,1-2H3. The van der Waals surface area contributed by atoms with Crippen molar-refractivity contribution in [1.29, 1.82) is 0 Å². The van der Waals surface area contributed by atoms with E-state index in [1.807, 2.05) is 23.5 Å². The molecule has 1 atom stereocenters. The Hall–Kier alpha value is -0.640. The number of nitrogens with one attached hydrogen (secondary N) is 1. The van der Waals surface area contributed by atoms with Crippen LogP contribution in [0.25, 0.3) is 10.2 Å². The molecule has 0 radical (unpaired) electrons. The summed E-state index contributed by atoms with van der Waals surface area (Å²) in [6.45, 7) is 6.90. The van der Waals surface area contributed by atoms with Crippen LogP contribution in [0.5, 0.6) is 0 Å². The maximum absolute atomic E-state index is 6.05. The molecule has 102 valence electrons. The number of benzene rings is 1. The minimum Gasteiger partial charge on any atom is -0.316 e. The molecule has 0 aliphatic carbocycles. The molecule has 3 rings (SSSR count). The molecule has 1 saturated heterocycles. The minimum atomic E-state index is 0.129. The van der Waals surface area contributed by atoms with Crippen molar-refractivity contribution >= 4 is 33.2 Å². The highest BCUT2D eigenvalue weighted by molar-refractivity contribution is 7.18. The van der Waals surface area contributed by atoms with Crippen molar-refractivity contribution in [2.75, 3.05) is 13.1 Å². The number of hydrogen-bond donors (Lipinski definition) is 1. The van der Waals surface area contributed by atoms with Gasteiger partial charge in [0.05, 0.1) is 15.2 Å². The highest BCUT2D eigenvalue weighted by atomic mass is 35.5. The Morgan fingerprint density at radius 1 is 1.42 bits per heavy atom. The summed E-state index contributed by atoms with van der Waals surface area (Å²) >= 11 is 7.85. The van der Waals surface area contributed by atoms with Crippen molar-refractivity contribution in [2.24, 2.45) is 5.92 Å². The van der Waals surface area contributed by atoms with Crippen molar-refractivity contribution in [3.63, 3.8) is 0 Å². The molecule has 1 aliphatic rings. The fraction of sp³-hybridized carbons (Fsp3) is 0.533. The average Bonchev–Trinajstić information content (AvgIpc) is 2.83. The van der Waals surface area contributed by atoms with Gasteiger partial charge >= 0.3 is 0 Å². The van der Waals surface area contributed by atoms with E-state index < -0.39 is 0 Å². The average molecular weight is 295 g/mol. The maximum atomic E-state index is 6.05. The lowest BCUT2D eigenvalue weighted by molar-refractivity contribution is 0.251. The lowest BCUT2D eigenvalue weighted by Gasteiger charge is -2.35. The van der Waals surface area contributed by atoms with Crippen LogP contribution in [0, 0.1) is 5.92 Å². The van der Waals surface area contributed by atoms with Gasteiger partial charge in [0.25, 0.3) is 0 Å². The first-order valence-corrected chi connectivity index (χ1v) is 8.04. The Bertz CT molecular complexity index is 585. The van der Waals surface area contributed by atoms with Crippen LogP contribution < -0.4 is 5.32 Å². The second-order valence-electron chi connectivity index (χ2n) is 5.90. The smallest absolute Gasteiger partial charge is 0.0998 e. The molecule has 0 spiro atoms. The Kier molecular flexibility index (Phi) is 3.54. The molecular formula is C15H19ClN2S. The number of rotatable bonds is 2. The normalized spacial score (nSPS) is 20.9. The van der Waals surface area contributed by atoms with E-state index in [0.717, 1.165) is 23.6 Å². The summed E-state index contributed by atoms with van der Waals surface area (Å²) in [5, 5.41) is 5.51. The number of piperidine rings is 1. The molecule has 1 aliphatic heterocycles. The predicted molar refractivity (Wildman–Crippen MR) is 83.2 cm³/mol. The van der Waals surface area contributed by atoms with E-state index in [1.165, 1.54) is 22.5 Å². The van der Waals surface area contributed by atoms with Crippen molar-refractivity contribution in [3.05, 3.63) is 28.2 Å². The van der Waals surface area contributed by atoms with Crippen LogP contribution in [-0.2, 0) is 5.41 Å². The Morgan fingerprint density at radius 3 is 3.00 bits per heavy atom. The third kappa shape index (κ3) is 2.51. The van der Waals surface area contributed by atoms with Crippen LogP contribution in [0.4, 0.5) is 0 Å². The summed E-state index contributed by atoms with van der Waals surface area (Å²) < 4.78 is 1.23. The lowest BCUT2D eigenvalue weighted by atomic mass is 9.75. The number of hydrogen-bond acceptors (Lipinski definition) is 3. The van der Waals surface area contributed by atoms with Crippen LogP contribution in [0.15, 0.2) is 18.2 Å². The molecule has 1 N–H and O–H groups in total. The summed E-state index contributed by atoms with van der Waals surface area (Å²) in [5.74, 6) is 0.664. The highest BCUT2D eigenvalue weighted by Gasteiger charge is 2.34. The number of nitrogens with zero attached hydrogens (tertiary/aromatic N) is 1. The van der Waals surface area contributed by atoms with Gasteiger partial charge < -0.3 is 5.32 Å². The van der Waals surface area contributed by atoms with Crippen molar-refractivity contribution in [3.8, 4) is 0 Å². The van der Waals surface area contributed by atoms with Gasteiger partial charge in [0.2, 0.25) is 0 Å². The van der Waals surface area contributed by atoms with Crippen LogP contribution in [0.2, 0.25) is 5.02 Å². The zero-order chi connectivity index (χ0) is 13.5. The summed E-state index contributed by atoms with van der Waals surface area (Å²) in [6.07, 6.45) is 2.56. The predicted octanol–water partition coefficient (Wildman–Crippen LogP) is 4.23. The van der Waals surface area contributed by atoms with Crippen LogP contribution in [0.1, 0.15) is 31.7 Å². The molecule has 19 heavy (non-hydrogen) atoms. The van der Waals surface area contributed by atoms with Gasteiger partial charge in [-0.3, -0.25) is 0 Å². The summed E-state index contributed by atoms with van der Waals surface area (Å²) in [4.78, 5) is 4.83. The molecule has 2 nitrogen and oxygen atoms in total. The van der Waals surface area contributed by atoms with Crippen LogP contribution in [-0.4, -0.2) is 18.1 Å². The SMILES string of the molecule is CC(C)(c1nc2cc(Cl)ccc2s1)C1CCCNC1. The van der Waals surface area contributed by atoms with Gasteiger partial charge in [-0.1, -0.05) is 25.4 Å². The molecule has 1 unspecified atom stereocenters. The van der Waals surface area contributed by atoms with Crippen molar-refractivity contribution < 1.29 is 0 Å². The van der Waals surface area contributed by atoms with Gasteiger partial charge in [-0.15, -0.1) is 11.3 Å². The van der Waals surface area contributed by atoms with Crippen molar-refractivity contribution in [1.82, 2.24) is 10.3 Å². The molecule has 2 heterocycles. The lowest BCUT2D eigenvalue weighted by Crippen LogP contribution is -2.40. The number of fused-ring (bicyclic) bond motifs is 1. The molecule has 1 aromatic heterocycles. The van der Waals surface area contributed by atoms with Gasteiger partial charge in [-0.25, -0.2) is 4.98 Å². The van der Waals surface area contributed by atoms with E-state index in [2.05, 4.69) is 25.2 Å². The fourth-order valence-corrected chi connectivity index (χ4v) is 4.11. The third-order valence-corrected chi connectivity index (χ3v) is 5.83. The molecule has 1 fully saturated rings. The Morgan fingerprint density at radius 2 is 2.26 bits per heavy atom. The van der Waals surface area contributed by atoms with E-state index in [4.69, 9.17) is 16.6 Å². The fourth-order valence-electron chi connectivity index (χ4n) is 2.82. The Labute approximate surface area is 123 Å². The second-order valence-corrected chi connectivity index (χ2v) is 7.36. The van der Waals surface area contributed by atoms with E-state index in [0.29, 0.717) is 5.92 Å². The van der Waals surface area contributed by atoms with Gasteiger partial charge in [-0.2, -0.15) is 0 Å². The first-order valence-electron chi connectivity index (χ1n) is 6.84. The summed E-state index contributed by atoms with van der Waals surface area (Å²) in [6, 6.07) is 5.99. The monoisotopic (exact) mass is 294 g/mol. The summed E-state index contributed by atoms with van der Waals surface area (Å²) in [5.41, 5.74) is 1.16. The molecule has 2 aromatic rings. The first kappa shape index (κ1) is 13.3. The van der Waals surface area contributed by atoms with Gasteiger partial charge in [-0.05, 0) is 50.0 Å². The van der Waals surface area contributed by atoms with E-state index in [1.54, 1.807) is 0 Å². The highest BCUT2D eigenvalue weighted by Crippen LogP contribution is 2.39. The third-order valence-electron chi connectivity index (χ3n) is 4.22. The topological polar surface area (TPSA) is 24.9 Å². The van der Waals surface area contributed by atoms with Gasteiger partial charge in [0.1, 0.15) is 0 Å². The van der Waals surface area contributed by atoms with Crippen molar-refractivity contribution in [2.45, 2.75) is 32.1 Å². The molecular weight excluding hydrogens is 276 g/mol. The van der Waals surface area contributed by atoms with Gasteiger partial charge in [0, 0.05) is 10.4 Å².